The molecule has 0 saturated carbocycles. The van der Waals surface area contributed by atoms with Crippen molar-refractivity contribution >= 4 is 23.1 Å². The van der Waals surface area contributed by atoms with Crippen molar-refractivity contribution in [3.05, 3.63) is 87.9 Å². The predicted octanol–water partition coefficient (Wildman–Crippen LogP) is 5.43. The van der Waals surface area contributed by atoms with Crippen LogP contribution < -0.4 is 4.74 Å². The third kappa shape index (κ3) is 5.06. The molecule has 5 rings (SSSR count). The molecular formula is C32H35N3O5. The minimum absolute atomic E-state index is 0.164. The van der Waals surface area contributed by atoms with E-state index in [0.717, 1.165) is 56.9 Å². The zero-order valence-corrected chi connectivity index (χ0v) is 23.7. The number of fused-ring (bicyclic) bond motifs is 3. The number of carbonyl (C=O) groups is 2. The molecule has 0 aliphatic carbocycles. The normalized spacial score (nSPS) is 14.3. The number of aryl methyl sites for hydroxylation is 3. The highest BCUT2D eigenvalue weighted by molar-refractivity contribution is 5.97. The first-order chi connectivity index (χ1) is 19.4. The van der Waals surface area contributed by atoms with Crippen LogP contribution in [0.5, 0.6) is 5.75 Å². The second-order valence-electron chi connectivity index (χ2n) is 10.0. The lowest BCUT2D eigenvalue weighted by Gasteiger charge is -2.26. The summed E-state index contributed by atoms with van der Waals surface area (Å²) in [5, 5.41) is 0. The van der Waals surface area contributed by atoms with Crippen LogP contribution in [0.4, 0.5) is 0 Å². The molecule has 3 heterocycles. The maximum absolute atomic E-state index is 13.2. The molecule has 8 heteroatoms. The van der Waals surface area contributed by atoms with Gasteiger partial charge in [-0.25, -0.2) is 9.97 Å². The Bertz CT molecular complexity index is 1560. The van der Waals surface area contributed by atoms with E-state index in [4.69, 9.17) is 24.2 Å². The average molecular weight is 542 g/mol. The summed E-state index contributed by atoms with van der Waals surface area (Å²) in [6.45, 7) is 10.8. The average Bonchev–Trinajstić information content (AvgIpc) is 3.20. The van der Waals surface area contributed by atoms with E-state index >= 15 is 0 Å². The van der Waals surface area contributed by atoms with Crippen LogP contribution in [0.15, 0.2) is 48.5 Å². The van der Waals surface area contributed by atoms with Crippen molar-refractivity contribution < 1.29 is 23.8 Å². The van der Waals surface area contributed by atoms with Gasteiger partial charge >= 0.3 is 11.9 Å². The second-order valence-corrected chi connectivity index (χ2v) is 10.0. The Morgan fingerprint density at radius 1 is 0.975 bits per heavy atom. The van der Waals surface area contributed by atoms with Gasteiger partial charge < -0.3 is 18.8 Å². The minimum atomic E-state index is -1.16. The summed E-state index contributed by atoms with van der Waals surface area (Å²) in [7, 11) is 0. The van der Waals surface area contributed by atoms with E-state index in [1.54, 1.807) is 13.8 Å². The molecule has 0 N–H and O–H groups in total. The van der Waals surface area contributed by atoms with Crippen LogP contribution in [0.3, 0.4) is 0 Å². The van der Waals surface area contributed by atoms with Gasteiger partial charge in [0.15, 0.2) is 11.6 Å². The molecule has 208 valence electrons. The van der Waals surface area contributed by atoms with Gasteiger partial charge in [-0.1, -0.05) is 43.3 Å². The lowest BCUT2D eigenvalue weighted by Crippen LogP contribution is -2.34. The number of nitrogens with zero attached hydrogens (tertiary/aromatic N) is 3. The second kappa shape index (κ2) is 11.5. The van der Waals surface area contributed by atoms with Gasteiger partial charge in [0.25, 0.3) is 0 Å². The Morgan fingerprint density at radius 3 is 2.40 bits per heavy atom. The Balaban J connectivity index is 1.61. The fourth-order valence-electron chi connectivity index (χ4n) is 5.61. The molecule has 4 aromatic rings. The number of esters is 2. The van der Waals surface area contributed by atoms with Crippen molar-refractivity contribution in [2.45, 2.75) is 60.1 Å². The number of rotatable bonds is 8. The first-order valence-corrected chi connectivity index (χ1v) is 13.9. The standard InChI is InChI=1S/C32H35N3O5/c1-6-26-34-29-19(4)15-20(5)33-30(29)35(26)17-21-13-14-24-25(16-21)40-18-22-11-9-10-12-23(22)27(24)28(31(36)38-7-2)32(37)39-8-3/h9-16,27-28H,6-8,17-18H2,1-5H3. The third-order valence-corrected chi connectivity index (χ3v) is 7.36. The SMILES string of the molecule is CCOC(=O)C(C(=O)OCC)C1c2ccccc2COc2cc(Cn3c(CC)nc4c(C)cc(C)nc43)ccc21. The van der Waals surface area contributed by atoms with Crippen molar-refractivity contribution in [3.8, 4) is 5.75 Å². The monoisotopic (exact) mass is 541 g/mol. The Morgan fingerprint density at radius 2 is 1.70 bits per heavy atom. The molecule has 0 bridgehead atoms. The number of ether oxygens (including phenoxy) is 3. The summed E-state index contributed by atoms with van der Waals surface area (Å²) >= 11 is 0. The van der Waals surface area contributed by atoms with Crippen LogP contribution in [0.1, 0.15) is 66.0 Å². The summed E-state index contributed by atoms with van der Waals surface area (Å²) in [6, 6.07) is 15.8. The van der Waals surface area contributed by atoms with Crippen LogP contribution >= 0.6 is 0 Å². The number of aromatic nitrogens is 3. The van der Waals surface area contributed by atoms with Gasteiger partial charge in [0.2, 0.25) is 0 Å². The lowest BCUT2D eigenvalue weighted by molar-refractivity contribution is -0.162. The summed E-state index contributed by atoms with van der Waals surface area (Å²) in [4.78, 5) is 36.2. The zero-order chi connectivity index (χ0) is 28.4. The number of carbonyl (C=O) groups excluding carboxylic acids is 2. The van der Waals surface area contributed by atoms with E-state index in [1.165, 1.54) is 0 Å². The van der Waals surface area contributed by atoms with Crippen LogP contribution in [0.2, 0.25) is 0 Å². The largest absolute Gasteiger partial charge is 0.489 e. The van der Waals surface area contributed by atoms with Gasteiger partial charge in [-0.2, -0.15) is 0 Å². The smallest absolute Gasteiger partial charge is 0.321 e. The molecule has 0 radical (unpaired) electrons. The van der Waals surface area contributed by atoms with Gasteiger partial charge in [0.1, 0.15) is 23.7 Å². The van der Waals surface area contributed by atoms with E-state index in [0.29, 0.717) is 18.9 Å². The minimum Gasteiger partial charge on any atom is -0.489 e. The highest BCUT2D eigenvalue weighted by Crippen LogP contribution is 2.43. The van der Waals surface area contributed by atoms with Crippen molar-refractivity contribution in [3.63, 3.8) is 0 Å². The predicted molar refractivity (Wildman–Crippen MR) is 151 cm³/mol. The van der Waals surface area contributed by atoms with E-state index in [-0.39, 0.29) is 13.2 Å². The maximum Gasteiger partial charge on any atom is 0.321 e. The van der Waals surface area contributed by atoms with Crippen LogP contribution in [0.25, 0.3) is 11.2 Å². The summed E-state index contributed by atoms with van der Waals surface area (Å²) in [5.41, 5.74) is 7.33. The molecular weight excluding hydrogens is 506 g/mol. The molecule has 40 heavy (non-hydrogen) atoms. The molecule has 2 aromatic carbocycles. The maximum atomic E-state index is 13.2. The zero-order valence-electron chi connectivity index (χ0n) is 23.7. The molecule has 2 aromatic heterocycles. The number of hydrogen-bond acceptors (Lipinski definition) is 7. The molecule has 0 amide bonds. The van der Waals surface area contributed by atoms with Crippen LogP contribution in [0, 0.1) is 19.8 Å². The quantitative estimate of drug-likeness (QED) is 0.217. The molecule has 0 saturated heterocycles. The van der Waals surface area contributed by atoms with Crippen LogP contribution in [-0.2, 0) is 38.6 Å². The molecule has 0 fully saturated rings. The Hall–Kier alpha value is -4.20. The number of imidazole rings is 1. The van der Waals surface area contributed by atoms with E-state index in [2.05, 4.69) is 24.5 Å². The lowest BCUT2D eigenvalue weighted by atomic mass is 9.78. The van der Waals surface area contributed by atoms with Gasteiger partial charge in [0, 0.05) is 23.6 Å². The van der Waals surface area contributed by atoms with Gasteiger partial charge in [-0.05, 0) is 62.1 Å². The van der Waals surface area contributed by atoms with Gasteiger partial charge in [-0.15, -0.1) is 0 Å². The first kappa shape index (κ1) is 27.4. The Labute approximate surface area is 234 Å². The topological polar surface area (TPSA) is 92.5 Å². The molecule has 8 nitrogen and oxygen atoms in total. The highest BCUT2D eigenvalue weighted by atomic mass is 16.6. The summed E-state index contributed by atoms with van der Waals surface area (Å²) in [5.74, 6) is -1.40. The Kier molecular flexibility index (Phi) is 7.87. The van der Waals surface area contributed by atoms with Gasteiger partial charge in [-0.3, -0.25) is 9.59 Å². The van der Waals surface area contributed by atoms with Crippen molar-refractivity contribution in [2.24, 2.45) is 5.92 Å². The molecule has 1 aliphatic heterocycles. The molecule has 1 atom stereocenters. The third-order valence-electron chi connectivity index (χ3n) is 7.36. The fourth-order valence-corrected chi connectivity index (χ4v) is 5.61. The van der Waals surface area contributed by atoms with E-state index in [1.807, 2.05) is 49.4 Å². The van der Waals surface area contributed by atoms with Crippen molar-refractivity contribution in [1.82, 2.24) is 14.5 Å². The fraction of sp³-hybridized carbons (Fsp3) is 0.375. The van der Waals surface area contributed by atoms with E-state index in [9.17, 15) is 9.59 Å². The number of hydrogen-bond donors (Lipinski definition) is 0. The first-order valence-electron chi connectivity index (χ1n) is 13.9. The molecule has 1 unspecified atom stereocenters. The molecule has 0 spiro atoms. The van der Waals surface area contributed by atoms with Crippen LogP contribution in [-0.4, -0.2) is 39.7 Å². The van der Waals surface area contributed by atoms with E-state index < -0.39 is 23.8 Å². The summed E-state index contributed by atoms with van der Waals surface area (Å²) in [6.07, 6.45) is 0.772. The summed E-state index contributed by atoms with van der Waals surface area (Å²) < 4.78 is 19.2. The highest BCUT2D eigenvalue weighted by Gasteiger charge is 2.42. The molecule has 1 aliphatic rings. The van der Waals surface area contributed by atoms with Crippen molar-refractivity contribution in [2.75, 3.05) is 13.2 Å². The number of pyridine rings is 1. The van der Waals surface area contributed by atoms with Gasteiger partial charge in [0.05, 0.1) is 19.8 Å². The van der Waals surface area contributed by atoms with Crippen molar-refractivity contribution in [1.29, 1.82) is 0 Å². The number of benzene rings is 2.